The first-order chi connectivity index (χ1) is 17.1. The van der Waals surface area contributed by atoms with E-state index in [1.165, 1.54) is 29.2 Å². The molecule has 1 aliphatic rings. The van der Waals surface area contributed by atoms with Crippen molar-refractivity contribution in [2.45, 2.75) is 45.7 Å². The number of rotatable bonds is 6. The van der Waals surface area contributed by atoms with Gasteiger partial charge in [-0.05, 0) is 65.9 Å². The Kier molecular flexibility index (Phi) is 6.93. The van der Waals surface area contributed by atoms with E-state index in [-0.39, 0.29) is 23.3 Å². The molecule has 1 N–H and O–H groups in total. The predicted octanol–water partition coefficient (Wildman–Crippen LogP) is 5.54. The highest BCUT2D eigenvalue weighted by Gasteiger charge is 2.46. The van der Waals surface area contributed by atoms with Gasteiger partial charge < -0.3 is 14.7 Å². The van der Waals surface area contributed by atoms with Crippen LogP contribution in [0.2, 0.25) is 0 Å². The first-order valence-electron chi connectivity index (χ1n) is 11.8. The van der Waals surface area contributed by atoms with Crippen LogP contribution < -0.4 is 4.74 Å². The molecule has 1 aromatic heterocycles. The molecule has 3 aromatic rings. The van der Waals surface area contributed by atoms with E-state index in [2.05, 4.69) is 4.98 Å². The molecule has 1 unspecified atom stereocenters. The van der Waals surface area contributed by atoms with Crippen molar-refractivity contribution in [1.82, 2.24) is 9.88 Å². The molecule has 1 amide bonds. The standard InChI is InChI=1S/C29H29FN2O4/c1-5-36-23-11-8-20(16-22(23)29(2,3)4)26(33)24-25(19-6-9-21(30)10-7-19)32(28(35)27(24)34)17-18-12-14-31-15-13-18/h6-16,25,33H,5,17H2,1-4H3/b26-24-. The van der Waals surface area contributed by atoms with Crippen molar-refractivity contribution in [2.75, 3.05) is 6.61 Å². The van der Waals surface area contributed by atoms with E-state index in [1.54, 1.807) is 42.7 Å². The van der Waals surface area contributed by atoms with Gasteiger partial charge in [-0.1, -0.05) is 32.9 Å². The maximum Gasteiger partial charge on any atom is 0.295 e. The highest BCUT2D eigenvalue weighted by atomic mass is 19.1. The van der Waals surface area contributed by atoms with Crippen LogP contribution in [0, 0.1) is 5.82 Å². The summed E-state index contributed by atoms with van der Waals surface area (Å²) in [5, 5.41) is 11.4. The third-order valence-electron chi connectivity index (χ3n) is 6.19. The number of carbonyl (C=O) groups excluding carboxylic acids is 2. The minimum absolute atomic E-state index is 0.0373. The molecule has 36 heavy (non-hydrogen) atoms. The molecule has 0 spiro atoms. The second kappa shape index (κ2) is 9.93. The van der Waals surface area contributed by atoms with Gasteiger partial charge in [0.2, 0.25) is 0 Å². The van der Waals surface area contributed by atoms with Gasteiger partial charge in [0.25, 0.3) is 11.7 Å². The van der Waals surface area contributed by atoms with Crippen molar-refractivity contribution in [3.63, 3.8) is 0 Å². The van der Waals surface area contributed by atoms with E-state index in [4.69, 9.17) is 4.74 Å². The lowest BCUT2D eigenvalue weighted by molar-refractivity contribution is -0.140. The molecule has 0 bridgehead atoms. The number of amides is 1. The smallest absolute Gasteiger partial charge is 0.295 e. The van der Waals surface area contributed by atoms with Crippen molar-refractivity contribution in [3.8, 4) is 5.75 Å². The third kappa shape index (κ3) is 4.87. The van der Waals surface area contributed by atoms with Crippen molar-refractivity contribution < 1.29 is 23.8 Å². The molecule has 0 saturated carbocycles. The van der Waals surface area contributed by atoms with E-state index in [9.17, 15) is 19.1 Å². The normalized spacial score (nSPS) is 17.5. The third-order valence-corrected chi connectivity index (χ3v) is 6.19. The van der Waals surface area contributed by atoms with E-state index >= 15 is 0 Å². The van der Waals surface area contributed by atoms with Crippen LogP contribution in [-0.4, -0.2) is 33.3 Å². The average molecular weight is 489 g/mol. The molecule has 1 saturated heterocycles. The summed E-state index contributed by atoms with van der Waals surface area (Å²) in [4.78, 5) is 31.9. The summed E-state index contributed by atoms with van der Waals surface area (Å²) in [7, 11) is 0. The molecule has 7 heteroatoms. The fraction of sp³-hybridized carbons (Fsp3) is 0.276. The van der Waals surface area contributed by atoms with Crippen LogP contribution in [0.15, 0.2) is 72.6 Å². The fourth-order valence-electron chi connectivity index (χ4n) is 4.42. The number of hydrogen-bond acceptors (Lipinski definition) is 5. The summed E-state index contributed by atoms with van der Waals surface area (Å²) in [6.45, 7) is 8.59. The number of hydrogen-bond donors (Lipinski definition) is 1. The minimum atomic E-state index is -0.886. The Morgan fingerprint density at radius 3 is 2.33 bits per heavy atom. The van der Waals surface area contributed by atoms with Crippen molar-refractivity contribution >= 4 is 17.4 Å². The number of nitrogens with zero attached hydrogens (tertiary/aromatic N) is 2. The van der Waals surface area contributed by atoms with Crippen LogP contribution >= 0.6 is 0 Å². The zero-order valence-corrected chi connectivity index (χ0v) is 20.8. The number of aliphatic hydroxyl groups is 1. The lowest BCUT2D eigenvalue weighted by Crippen LogP contribution is -2.29. The van der Waals surface area contributed by atoms with Gasteiger partial charge in [-0.3, -0.25) is 14.6 Å². The maximum absolute atomic E-state index is 13.7. The summed E-state index contributed by atoms with van der Waals surface area (Å²) >= 11 is 0. The lowest BCUT2D eigenvalue weighted by Gasteiger charge is -2.26. The van der Waals surface area contributed by atoms with Gasteiger partial charge in [0, 0.05) is 30.1 Å². The number of ether oxygens (including phenoxy) is 1. The van der Waals surface area contributed by atoms with Gasteiger partial charge in [-0.2, -0.15) is 0 Å². The van der Waals surface area contributed by atoms with Crippen LogP contribution in [0.5, 0.6) is 5.75 Å². The van der Waals surface area contributed by atoms with E-state index in [1.807, 2.05) is 27.7 Å². The molecule has 4 rings (SSSR count). The van der Waals surface area contributed by atoms with Gasteiger partial charge in [0.15, 0.2) is 0 Å². The summed E-state index contributed by atoms with van der Waals surface area (Å²) in [5.41, 5.74) is 2.22. The number of aromatic nitrogens is 1. The monoisotopic (exact) mass is 488 g/mol. The molecule has 0 radical (unpaired) electrons. The summed E-state index contributed by atoms with van der Waals surface area (Å²) in [6, 6.07) is 13.4. The minimum Gasteiger partial charge on any atom is -0.507 e. The van der Waals surface area contributed by atoms with Crippen LogP contribution in [0.4, 0.5) is 4.39 Å². The molecule has 1 aliphatic heterocycles. The second-order valence-electron chi connectivity index (χ2n) is 9.73. The number of ketones is 1. The van der Waals surface area contributed by atoms with Gasteiger partial charge in [-0.25, -0.2) is 4.39 Å². The maximum atomic E-state index is 13.7. The van der Waals surface area contributed by atoms with Crippen molar-refractivity contribution in [3.05, 3.63) is 101 Å². The Bertz CT molecular complexity index is 1310. The molecule has 1 fully saturated rings. The van der Waals surface area contributed by atoms with Gasteiger partial charge in [-0.15, -0.1) is 0 Å². The first kappa shape index (κ1) is 25.1. The second-order valence-corrected chi connectivity index (χ2v) is 9.73. The van der Waals surface area contributed by atoms with Crippen LogP contribution in [0.25, 0.3) is 5.76 Å². The SMILES string of the molecule is CCOc1ccc(/C(O)=C2/C(=O)C(=O)N(Cc3ccncc3)C2c2ccc(F)cc2)cc1C(C)(C)C. The van der Waals surface area contributed by atoms with Crippen LogP contribution in [0.3, 0.4) is 0 Å². The number of carbonyl (C=O) groups is 2. The molecule has 1 atom stereocenters. The summed E-state index contributed by atoms with van der Waals surface area (Å²) in [5.74, 6) is -1.55. The molecule has 0 aliphatic carbocycles. The predicted molar refractivity (Wildman–Crippen MR) is 135 cm³/mol. The van der Waals surface area contributed by atoms with Crippen molar-refractivity contribution in [1.29, 1.82) is 0 Å². The zero-order chi connectivity index (χ0) is 26.0. The molecular formula is C29H29FN2O4. The van der Waals surface area contributed by atoms with Gasteiger partial charge in [0.05, 0.1) is 18.2 Å². The Balaban J connectivity index is 1.88. The number of Topliss-reactive ketones (excluding diaryl/α,β-unsaturated/α-hetero) is 1. The van der Waals surface area contributed by atoms with Crippen LogP contribution in [-0.2, 0) is 21.5 Å². The average Bonchev–Trinajstić information content (AvgIpc) is 3.09. The fourth-order valence-corrected chi connectivity index (χ4v) is 4.42. The Hall–Kier alpha value is -4.00. The molecule has 6 nitrogen and oxygen atoms in total. The number of likely N-dealkylation sites (tertiary alicyclic amines) is 1. The Morgan fingerprint density at radius 2 is 1.72 bits per heavy atom. The lowest BCUT2D eigenvalue weighted by atomic mass is 9.84. The molecule has 186 valence electrons. The largest absolute Gasteiger partial charge is 0.507 e. The quantitative estimate of drug-likeness (QED) is 0.280. The van der Waals surface area contributed by atoms with Crippen LogP contribution in [0.1, 0.15) is 56.0 Å². The number of pyridine rings is 1. The molecule has 2 heterocycles. The van der Waals surface area contributed by atoms with Crippen molar-refractivity contribution in [2.24, 2.45) is 0 Å². The highest BCUT2D eigenvalue weighted by molar-refractivity contribution is 6.46. The Labute approximate surface area is 210 Å². The summed E-state index contributed by atoms with van der Waals surface area (Å²) in [6.07, 6.45) is 3.21. The van der Waals surface area contributed by atoms with E-state index < -0.39 is 23.5 Å². The number of aliphatic hydroxyl groups excluding tert-OH is 1. The van der Waals surface area contributed by atoms with E-state index in [0.717, 1.165) is 11.1 Å². The summed E-state index contributed by atoms with van der Waals surface area (Å²) < 4.78 is 19.5. The van der Waals surface area contributed by atoms with Gasteiger partial charge in [0.1, 0.15) is 17.3 Å². The number of halogens is 1. The Morgan fingerprint density at radius 1 is 1.06 bits per heavy atom. The van der Waals surface area contributed by atoms with E-state index in [0.29, 0.717) is 23.5 Å². The topological polar surface area (TPSA) is 79.7 Å². The van der Waals surface area contributed by atoms with Gasteiger partial charge >= 0.3 is 0 Å². The highest BCUT2D eigenvalue weighted by Crippen LogP contribution is 2.41. The zero-order valence-electron chi connectivity index (χ0n) is 20.8. The molecular weight excluding hydrogens is 459 g/mol. The first-order valence-corrected chi connectivity index (χ1v) is 11.8. The number of benzene rings is 2. The molecule has 2 aromatic carbocycles.